The molecule has 4 heteroatoms. The number of thiophene rings is 1. The lowest BCUT2D eigenvalue weighted by Crippen LogP contribution is -2.34. The molecule has 1 aliphatic heterocycles. The number of nitrogens with two attached hydrogens (primary N) is 1. The summed E-state index contributed by atoms with van der Waals surface area (Å²) in [5.74, 6) is 7.20. The Morgan fingerprint density at radius 2 is 2.21 bits per heavy atom. The predicted molar refractivity (Wildman–Crippen MR) is 78.4 cm³/mol. The lowest BCUT2D eigenvalue weighted by Gasteiger charge is -2.32. The summed E-state index contributed by atoms with van der Waals surface area (Å²) in [7, 11) is 0. The van der Waals surface area contributed by atoms with Gasteiger partial charge < -0.3 is 4.74 Å². The highest BCUT2D eigenvalue weighted by molar-refractivity contribution is 7.10. The third-order valence-corrected chi connectivity index (χ3v) is 4.87. The molecule has 100 valence electrons. The van der Waals surface area contributed by atoms with Gasteiger partial charge in [-0.3, -0.25) is 11.3 Å². The van der Waals surface area contributed by atoms with Crippen molar-refractivity contribution in [1.29, 1.82) is 0 Å². The first-order chi connectivity index (χ1) is 9.31. The van der Waals surface area contributed by atoms with Crippen molar-refractivity contribution < 1.29 is 4.74 Å². The molecule has 0 saturated carbocycles. The summed E-state index contributed by atoms with van der Waals surface area (Å²) < 4.78 is 5.73. The number of benzene rings is 1. The van der Waals surface area contributed by atoms with Crippen molar-refractivity contribution in [3.8, 4) is 5.75 Å². The molecule has 2 unspecified atom stereocenters. The lowest BCUT2D eigenvalue weighted by atomic mass is 9.85. The molecule has 0 amide bonds. The van der Waals surface area contributed by atoms with Gasteiger partial charge in [-0.1, -0.05) is 18.2 Å². The zero-order valence-electron chi connectivity index (χ0n) is 10.9. The summed E-state index contributed by atoms with van der Waals surface area (Å²) in [6.07, 6.45) is 0.989. The number of para-hydroxylation sites is 1. The van der Waals surface area contributed by atoms with E-state index in [0.29, 0.717) is 5.92 Å². The number of ether oxygens (including phenoxy) is 1. The van der Waals surface area contributed by atoms with Crippen LogP contribution in [-0.2, 0) is 0 Å². The molecular weight excluding hydrogens is 256 g/mol. The summed E-state index contributed by atoms with van der Waals surface area (Å²) in [6.45, 7) is 2.89. The summed E-state index contributed by atoms with van der Waals surface area (Å²) >= 11 is 1.77. The number of hydrazine groups is 1. The summed E-state index contributed by atoms with van der Waals surface area (Å²) in [6, 6.07) is 10.6. The number of hydrogen-bond donors (Lipinski definition) is 2. The molecule has 2 aromatic rings. The average Bonchev–Trinajstić information content (AvgIpc) is 2.86. The van der Waals surface area contributed by atoms with Crippen LogP contribution in [0.15, 0.2) is 35.7 Å². The van der Waals surface area contributed by atoms with Crippen molar-refractivity contribution in [3.63, 3.8) is 0 Å². The van der Waals surface area contributed by atoms with Gasteiger partial charge in [0.15, 0.2) is 0 Å². The Hall–Kier alpha value is -1.36. The molecular formula is C15H18N2OS. The van der Waals surface area contributed by atoms with Crippen LogP contribution in [-0.4, -0.2) is 6.61 Å². The quantitative estimate of drug-likeness (QED) is 0.668. The van der Waals surface area contributed by atoms with Crippen molar-refractivity contribution in [3.05, 3.63) is 51.7 Å². The molecule has 0 spiro atoms. The van der Waals surface area contributed by atoms with E-state index in [-0.39, 0.29) is 6.04 Å². The van der Waals surface area contributed by atoms with E-state index < -0.39 is 0 Å². The van der Waals surface area contributed by atoms with E-state index in [1.807, 2.05) is 12.1 Å². The number of nitrogens with one attached hydrogen (secondary N) is 1. The largest absolute Gasteiger partial charge is 0.493 e. The smallest absolute Gasteiger partial charge is 0.122 e. The molecule has 0 bridgehead atoms. The molecule has 1 aliphatic rings. The van der Waals surface area contributed by atoms with Crippen LogP contribution < -0.4 is 16.0 Å². The minimum absolute atomic E-state index is 0.157. The number of aryl methyl sites for hydroxylation is 1. The van der Waals surface area contributed by atoms with Gasteiger partial charge in [-0.2, -0.15) is 0 Å². The van der Waals surface area contributed by atoms with Crippen LogP contribution in [0.2, 0.25) is 0 Å². The summed E-state index contributed by atoms with van der Waals surface area (Å²) in [4.78, 5) is 1.32. The van der Waals surface area contributed by atoms with Crippen molar-refractivity contribution in [2.24, 2.45) is 5.84 Å². The fourth-order valence-electron chi connectivity index (χ4n) is 2.79. The molecule has 3 nitrogen and oxygen atoms in total. The zero-order valence-corrected chi connectivity index (χ0v) is 11.7. The van der Waals surface area contributed by atoms with E-state index >= 15 is 0 Å². The maximum atomic E-state index is 5.84. The van der Waals surface area contributed by atoms with E-state index in [4.69, 9.17) is 10.6 Å². The van der Waals surface area contributed by atoms with Crippen LogP contribution in [0.1, 0.15) is 34.4 Å². The second-order valence-electron chi connectivity index (χ2n) is 4.89. The number of rotatable bonds is 3. The minimum Gasteiger partial charge on any atom is -0.493 e. The van der Waals surface area contributed by atoms with Crippen LogP contribution in [0.4, 0.5) is 0 Å². The van der Waals surface area contributed by atoms with E-state index in [9.17, 15) is 0 Å². The Kier molecular flexibility index (Phi) is 3.55. The Morgan fingerprint density at radius 1 is 1.37 bits per heavy atom. The Labute approximate surface area is 117 Å². The SMILES string of the molecule is Cc1ccsc1C(NN)C1CCOc2ccccc21. The van der Waals surface area contributed by atoms with Gasteiger partial charge in [0.25, 0.3) is 0 Å². The number of hydrogen-bond acceptors (Lipinski definition) is 4. The Balaban J connectivity index is 2.00. The molecule has 2 heterocycles. The monoisotopic (exact) mass is 274 g/mol. The molecule has 3 N–H and O–H groups in total. The van der Waals surface area contributed by atoms with Crippen LogP contribution in [0.3, 0.4) is 0 Å². The van der Waals surface area contributed by atoms with Crippen LogP contribution in [0.25, 0.3) is 0 Å². The maximum absolute atomic E-state index is 5.84. The highest BCUT2D eigenvalue weighted by Gasteiger charge is 2.30. The minimum atomic E-state index is 0.157. The van der Waals surface area contributed by atoms with E-state index in [1.165, 1.54) is 16.0 Å². The van der Waals surface area contributed by atoms with Gasteiger partial charge in [0.05, 0.1) is 12.6 Å². The third kappa shape index (κ3) is 2.27. The normalized spacial score (nSPS) is 19.6. The van der Waals surface area contributed by atoms with Gasteiger partial charge in [0.1, 0.15) is 5.75 Å². The molecule has 1 aromatic carbocycles. The van der Waals surface area contributed by atoms with Gasteiger partial charge in [0.2, 0.25) is 0 Å². The Bertz CT molecular complexity index is 567. The van der Waals surface area contributed by atoms with Gasteiger partial charge in [-0.15, -0.1) is 11.3 Å². The Morgan fingerprint density at radius 3 is 2.95 bits per heavy atom. The third-order valence-electron chi connectivity index (χ3n) is 3.77. The zero-order chi connectivity index (χ0) is 13.2. The van der Waals surface area contributed by atoms with Gasteiger partial charge in [-0.05, 0) is 42.0 Å². The fraction of sp³-hybridized carbons (Fsp3) is 0.333. The standard InChI is InChI=1S/C15H18N2OS/c1-10-7-9-19-15(10)14(17-16)12-6-8-18-13-5-3-2-4-11(12)13/h2-5,7,9,12,14,17H,6,8,16H2,1H3. The van der Waals surface area contributed by atoms with Crippen molar-refractivity contribution in [2.75, 3.05) is 6.61 Å². The predicted octanol–water partition coefficient (Wildman–Crippen LogP) is 3.13. The van der Waals surface area contributed by atoms with E-state index in [2.05, 4.69) is 35.9 Å². The second-order valence-corrected chi connectivity index (χ2v) is 5.84. The maximum Gasteiger partial charge on any atom is 0.122 e. The van der Waals surface area contributed by atoms with E-state index in [1.54, 1.807) is 11.3 Å². The molecule has 0 saturated heterocycles. The fourth-order valence-corrected chi connectivity index (χ4v) is 3.85. The van der Waals surface area contributed by atoms with Crippen molar-refractivity contribution >= 4 is 11.3 Å². The summed E-state index contributed by atoms with van der Waals surface area (Å²) in [5.41, 5.74) is 5.57. The average molecular weight is 274 g/mol. The molecule has 0 fully saturated rings. The second kappa shape index (κ2) is 5.33. The molecule has 0 radical (unpaired) electrons. The van der Waals surface area contributed by atoms with Gasteiger partial charge >= 0.3 is 0 Å². The first-order valence-electron chi connectivity index (χ1n) is 6.53. The molecule has 19 heavy (non-hydrogen) atoms. The molecule has 2 atom stereocenters. The van der Waals surface area contributed by atoms with Crippen LogP contribution in [0, 0.1) is 6.92 Å². The van der Waals surface area contributed by atoms with Crippen molar-refractivity contribution in [1.82, 2.24) is 5.43 Å². The highest BCUT2D eigenvalue weighted by Crippen LogP contribution is 2.42. The highest BCUT2D eigenvalue weighted by atomic mass is 32.1. The van der Waals surface area contributed by atoms with Crippen molar-refractivity contribution in [2.45, 2.75) is 25.3 Å². The topological polar surface area (TPSA) is 47.3 Å². The summed E-state index contributed by atoms with van der Waals surface area (Å²) in [5, 5.41) is 2.13. The van der Waals surface area contributed by atoms with Crippen LogP contribution in [0.5, 0.6) is 5.75 Å². The van der Waals surface area contributed by atoms with E-state index in [0.717, 1.165) is 18.8 Å². The van der Waals surface area contributed by atoms with Crippen LogP contribution >= 0.6 is 11.3 Å². The first-order valence-corrected chi connectivity index (χ1v) is 7.41. The lowest BCUT2D eigenvalue weighted by molar-refractivity contribution is 0.247. The molecule has 0 aliphatic carbocycles. The molecule has 1 aromatic heterocycles. The van der Waals surface area contributed by atoms with Gasteiger partial charge in [-0.25, -0.2) is 0 Å². The number of fused-ring (bicyclic) bond motifs is 1. The van der Waals surface area contributed by atoms with Gasteiger partial charge in [0, 0.05) is 10.8 Å². The first kappa shape index (κ1) is 12.7. The molecule has 3 rings (SSSR count).